The molecule has 2 aromatic carbocycles. The SMILES string of the molecule is COc1cccc(C(=O)NCCc2ccc(S(=O)(=O)N3CCOCC3)cc2)c1. The Labute approximate surface area is 165 Å². The number of nitrogens with zero attached hydrogens (tertiary/aromatic N) is 1. The lowest BCUT2D eigenvalue weighted by atomic mass is 10.1. The maximum Gasteiger partial charge on any atom is 0.251 e. The zero-order chi connectivity index (χ0) is 20.0. The molecule has 1 aliphatic rings. The summed E-state index contributed by atoms with van der Waals surface area (Å²) in [6, 6.07) is 13.7. The Bertz CT molecular complexity index is 906. The summed E-state index contributed by atoms with van der Waals surface area (Å²) in [5.74, 6) is 0.454. The van der Waals surface area contributed by atoms with Crippen LogP contribution in [0, 0.1) is 0 Å². The topological polar surface area (TPSA) is 84.9 Å². The van der Waals surface area contributed by atoms with Crippen molar-refractivity contribution in [2.45, 2.75) is 11.3 Å². The highest BCUT2D eigenvalue weighted by Crippen LogP contribution is 2.18. The van der Waals surface area contributed by atoms with E-state index in [0.717, 1.165) is 5.56 Å². The molecular formula is C20H24N2O5S. The molecule has 0 unspecified atom stereocenters. The Kier molecular flexibility index (Phi) is 6.66. The van der Waals surface area contributed by atoms with Crippen molar-refractivity contribution in [2.24, 2.45) is 0 Å². The van der Waals surface area contributed by atoms with Crippen molar-refractivity contribution in [3.05, 3.63) is 59.7 Å². The summed E-state index contributed by atoms with van der Waals surface area (Å²) in [7, 11) is -1.93. The summed E-state index contributed by atoms with van der Waals surface area (Å²) in [6.45, 7) is 2.04. The van der Waals surface area contributed by atoms with Gasteiger partial charge in [-0.15, -0.1) is 0 Å². The second kappa shape index (κ2) is 9.18. The predicted octanol–water partition coefficient (Wildman–Crippen LogP) is 1.69. The van der Waals surface area contributed by atoms with Gasteiger partial charge in [0.15, 0.2) is 0 Å². The summed E-state index contributed by atoms with van der Waals surface area (Å²) >= 11 is 0. The molecule has 1 aliphatic heterocycles. The Morgan fingerprint density at radius 1 is 1.14 bits per heavy atom. The van der Waals surface area contributed by atoms with Crippen LogP contribution in [0.15, 0.2) is 53.4 Å². The quantitative estimate of drug-likeness (QED) is 0.759. The molecule has 0 saturated carbocycles. The third-order valence-electron chi connectivity index (χ3n) is 4.56. The first kappa shape index (κ1) is 20.3. The Balaban J connectivity index is 1.55. The minimum absolute atomic E-state index is 0.176. The smallest absolute Gasteiger partial charge is 0.251 e. The number of hydrogen-bond acceptors (Lipinski definition) is 5. The van der Waals surface area contributed by atoms with E-state index < -0.39 is 10.0 Å². The van der Waals surface area contributed by atoms with Crippen molar-refractivity contribution < 1.29 is 22.7 Å². The number of rotatable bonds is 7. The molecular weight excluding hydrogens is 380 g/mol. The van der Waals surface area contributed by atoms with Gasteiger partial charge in [0.2, 0.25) is 10.0 Å². The van der Waals surface area contributed by atoms with Gasteiger partial charge in [-0.2, -0.15) is 4.31 Å². The van der Waals surface area contributed by atoms with E-state index in [0.29, 0.717) is 50.6 Å². The number of carbonyl (C=O) groups excluding carboxylic acids is 1. The van der Waals surface area contributed by atoms with Crippen LogP contribution in [-0.4, -0.2) is 58.6 Å². The zero-order valence-electron chi connectivity index (χ0n) is 15.8. The number of carbonyl (C=O) groups is 1. The van der Waals surface area contributed by atoms with Crippen LogP contribution in [-0.2, 0) is 21.2 Å². The molecule has 0 bridgehead atoms. The number of sulfonamides is 1. The molecule has 0 radical (unpaired) electrons. The Morgan fingerprint density at radius 3 is 2.54 bits per heavy atom. The van der Waals surface area contributed by atoms with E-state index in [9.17, 15) is 13.2 Å². The molecule has 28 heavy (non-hydrogen) atoms. The molecule has 0 aliphatic carbocycles. The van der Waals surface area contributed by atoms with Crippen molar-refractivity contribution >= 4 is 15.9 Å². The summed E-state index contributed by atoms with van der Waals surface area (Å²) in [6.07, 6.45) is 0.605. The van der Waals surface area contributed by atoms with Crippen LogP contribution in [0.3, 0.4) is 0 Å². The number of hydrogen-bond donors (Lipinski definition) is 1. The number of benzene rings is 2. The average molecular weight is 404 g/mol. The number of amides is 1. The van der Waals surface area contributed by atoms with Crippen molar-refractivity contribution in [3.8, 4) is 5.75 Å². The minimum Gasteiger partial charge on any atom is -0.497 e. The van der Waals surface area contributed by atoms with Crippen LogP contribution >= 0.6 is 0 Å². The Hall–Kier alpha value is -2.42. The van der Waals surface area contributed by atoms with Crippen LogP contribution in [0.5, 0.6) is 5.75 Å². The largest absolute Gasteiger partial charge is 0.497 e. The molecule has 0 spiro atoms. The molecule has 1 amide bonds. The number of nitrogens with one attached hydrogen (secondary N) is 1. The van der Waals surface area contributed by atoms with Crippen molar-refractivity contribution in [3.63, 3.8) is 0 Å². The van der Waals surface area contributed by atoms with Gasteiger partial charge in [0, 0.05) is 25.2 Å². The van der Waals surface area contributed by atoms with E-state index in [1.807, 2.05) is 0 Å². The standard InChI is InChI=1S/C20H24N2O5S/c1-26-18-4-2-3-17(15-18)20(23)21-10-9-16-5-7-19(8-6-16)28(24,25)22-11-13-27-14-12-22/h2-8,15H,9-14H2,1H3,(H,21,23). The molecule has 7 nitrogen and oxygen atoms in total. The number of methoxy groups -OCH3 is 1. The van der Waals surface area contributed by atoms with Crippen LogP contribution in [0.25, 0.3) is 0 Å². The van der Waals surface area contributed by atoms with E-state index in [2.05, 4.69) is 5.32 Å². The molecule has 1 N–H and O–H groups in total. The second-order valence-corrected chi connectivity index (χ2v) is 8.34. The molecule has 1 heterocycles. The third kappa shape index (κ3) is 4.89. The summed E-state index contributed by atoms with van der Waals surface area (Å²) in [5.41, 5.74) is 1.48. The van der Waals surface area contributed by atoms with Gasteiger partial charge >= 0.3 is 0 Å². The van der Waals surface area contributed by atoms with Crippen molar-refractivity contribution in [1.82, 2.24) is 9.62 Å². The zero-order valence-corrected chi connectivity index (χ0v) is 16.6. The van der Waals surface area contributed by atoms with E-state index in [4.69, 9.17) is 9.47 Å². The molecule has 0 atom stereocenters. The molecule has 8 heteroatoms. The lowest BCUT2D eigenvalue weighted by Gasteiger charge is -2.26. The highest BCUT2D eigenvalue weighted by molar-refractivity contribution is 7.89. The van der Waals surface area contributed by atoms with Gasteiger partial charge in [0.25, 0.3) is 5.91 Å². The van der Waals surface area contributed by atoms with Gasteiger partial charge in [0.1, 0.15) is 5.75 Å². The minimum atomic E-state index is -3.48. The predicted molar refractivity (Wildman–Crippen MR) is 105 cm³/mol. The molecule has 150 valence electrons. The maximum atomic E-state index is 12.6. The monoisotopic (exact) mass is 404 g/mol. The normalized spacial score (nSPS) is 15.2. The van der Waals surface area contributed by atoms with E-state index in [-0.39, 0.29) is 10.8 Å². The first-order valence-corrected chi connectivity index (χ1v) is 10.5. The molecule has 2 aromatic rings. The second-order valence-electron chi connectivity index (χ2n) is 6.40. The molecule has 1 saturated heterocycles. The fraction of sp³-hybridized carbons (Fsp3) is 0.350. The van der Waals surface area contributed by atoms with Gasteiger partial charge in [-0.25, -0.2) is 8.42 Å². The van der Waals surface area contributed by atoms with Crippen molar-refractivity contribution in [1.29, 1.82) is 0 Å². The first-order chi connectivity index (χ1) is 13.5. The van der Waals surface area contributed by atoms with Crippen LogP contribution in [0.1, 0.15) is 15.9 Å². The van der Waals surface area contributed by atoms with E-state index in [1.165, 1.54) is 4.31 Å². The maximum absolute atomic E-state index is 12.6. The van der Waals surface area contributed by atoms with Crippen LogP contribution < -0.4 is 10.1 Å². The fourth-order valence-electron chi connectivity index (χ4n) is 2.95. The summed E-state index contributed by atoms with van der Waals surface area (Å²) < 4.78 is 37.0. The first-order valence-electron chi connectivity index (χ1n) is 9.10. The molecule has 3 rings (SSSR count). The lowest BCUT2D eigenvalue weighted by molar-refractivity contribution is 0.0730. The van der Waals surface area contributed by atoms with Gasteiger partial charge in [-0.05, 0) is 42.3 Å². The van der Waals surface area contributed by atoms with Gasteiger partial charge in [-0.1, -0.05) is 18.2 Å². The van der Waals surface area contributed by atoms with E-state index >= 15 is 0 Å². The molecule has 1 fully saturated rings. The third-order valence-corrected chi connectivity index (χ3v) is 6.48. The van der Waals surface area contributed by atoms with Gasteiger partial charge < -0.3 is 14.8 Å². The highest BCUT2D eigenvalue weighted by atomic mass is 32.2. The van der Waals surface area contributed by atoms with Gasteiger partial charge in [0.05, 0.1) is 25.2 Å². The number of ether oxygens (including phenoxy) is 2. The summed E-state index contributed by atoms with van der Waals surface area (Å²) in [5, 5.41) is 2.86. The highest BCUT2D eigenvalue weighted by Gasteiger charge is 2.26. The average Bonchev–Trinajstić information content (AvgIpc) is 2.74. The van der Waals surface area contributed by atoms with E-state index in [1.54, 1.807) is 55.6 Å². The van der Waals surface area contributed by atoms with Crippen LogP contribution in [0.2, 0.25) is 0 Å². The summed E-state index contributed by atoms with van der Waals surface area (Å²) in [4.78, 5) is 12.5. The number of morpholine rings is 1. The Morgan fingerprint density at radius 2 is 1.86 bits per heavy atom. The fourth-order valence-corrected chi connectivity index (χ4v) is 4.36. The molecule has 0 aromatic heterocycles. The van der Waals surface area contributed by atoms with Crippen LogP contribution in [0.4, 0.5) is 0 Å². The van der Waals surface area contributed by atoms with Crippen molar-refractivity contribution in [2.75, 3.05) is 40.0 Å². The lowest BCUT2D eigenvalue weighted by Crippen LogP contribution is -2.40. The van der Waals surface area contributed by atoms with Gasteiger partial charge in [-0.3, -0.25) is 4.79 Å².